The van der Waals surface area contributed by atoms with E-state index in [1.807, 2.05) is 12.1 Å². The van der Waals surface area contributed by atoms with E-state index in [0.717, 1.165) is 11.3 Å². The topological polar surface area (TPSA) is 65.3 Å². The van der Waals surface area contributed by atoms with Crippen molar-refractivity contribution in [2.75, 3.05) is 0 Å². The average Bonchev–Trinajstić information content (AvgIpc) is 2.35. The van der Waals surface area contributed by atoms with Crippen LogP contribution >= 0.6 is 11.6 Å². The molecule has 0 atom stereocenters. The molecule has 0 radical (unpaired) electrons. The summed E-state index contributed by atoms with van der Waals surface area (Å²) >= 11 is 5.92. The molecule has 0 aliphatic carbocycles. The van der Waals surface area contributed by atoms with Gasteiger partial charge in [0.25, 0.3) is 0 Å². The Bertz CT molecular complexity index is 634. The molecule has 90 valence electrons. The summed E-state index contributed by atoms with van der Waals surface area (Å²) in [7, 11) is 0. The van der Waals surface area contributed by atoms with E-state index in [4.69, 9.17) is 16.7 Å². The van der Waals surface area contributed by atoms with Crippen LogP contribution in [0.2, 0.25) is 5.02 Å². The van der Waals surface area contributed by atoms with Crippen molar-refractivity contribution in [2.24, 2.45) is 10.1 Å². The monoisotopic (exact) mass is 261 g/mol. The number of fused-ring (bicyclic) bond motifs is 2. The Kier molecular flexibility index (Phi) is 2.41. The molecular formula is C12H8ClN3O2. The van der Waals surface area contributed by atoms with Crippen molar-refractivity contribution in [3.8, 4) is 0 Å². The molecular weight excluding hydrogens is 254 g/mol. The molecule has 0 fully saturated rings. The van der Waals surface area contributed by atoms with Gasteiger partial charge in [0.2, 0.25) is 0 Å². The fourth-order valence-electron chi connectivity index (χ4n) is 1.85. The zero-order chi connectivity index (χ0) is 12.7. The van der Waals surface area contributed by atoms with Gasteiger partial charge in [-0.05, 0) is 30.4 Å². The van der Waals surface area contributed by atoms with E-state index >= 15 is 0 Å². The van der Waals surface area contributed by atoms with Crippen molar-refractivity contribution in [1.82, 2.24) is 5.01 Å². The summed E-state index contributed by atoms with van der Waals surface area (Å²) in [6.07, 6.45) is 3.09. The van der Waals surface area contributed by atoms with E-state index < -0.39 is 5.97 Å². The van der Waals surface area contributed by atoms with Crippen LogP contribution in [0.25, 0.3) is 0 Å². The van der Waals surface area contributed by atoms with E-state index in [2.05, 4.69) is 10.1 Å². The number of carboxylic acids is 1. The SMILES string of the molecule is O=C(O)C1=NN2Cc3cc(Cl)ccc3N=C2C=C1. The minimum atomic E-state index is -1.05. The van der Waals surface area contributed by atoms with Crippen LogP contribution in [0.15, 0.2) is 40.4 Å². The largest absolute Gasteiger partial charge is 0.476 e. The van der Waals surface area contributed by atoms with Crippen LogP contribution in [0.4, 0.5) is 5.69 Å². The second-order valence-electron chi connectivity index (χ2n) is 3.92. The molecule has 0 unspecified atom stereocenters. The molecule has 0 saturated heterocycles. The lowest BCUT2D eigenvalue weighted by atomic mass is 10.1. The smallest absolute Gasteiger partial charge is 0.356 e. The third kappa shape index (κ3) is 1.78. The first-order valence-corrected chi connectivity index (χ1v) is 5.66. The van der Waals surface area contributed by atoms with Crippen molar-refractivity contribution in [2.45, 2.75) is 6.54 Å². The lowest BCUT2D eigenvalue weighted by Crippen LogP contribution is -2.32. The van der Waals surface area contributed by atoms with E-state index in [-0.39, 0.29) is 5.71 Å². The molecule has 2 aliphatic heterocycles. The van der Waals surface area contributed by atoms with Gasteiger partial charge >= 0.3 is 5.97 Å². The van der Waals surface area contributed by atoms with Gasteiger partial charge in [-0.1, -0.05) is 11.6 Å². The molecule has 0 spiro atoms. The normalized spacial score (nSPS) is 16.6. The van der Waals surface area contributed by atoms with Gasteiger partial charge in [0.1, 0.15) is 5.84 Å². The number of hydrazone groups is 1. The van der Waals surface area contributed by atoms with Crippen molar-refractivity contribution < 1.29 is 9.90 Å². The van der Waals surface area contributed by atoms with Gasteiger partial charge in [-0.2, -0.15) is 5.10 Å². The Morgan fingerprint density at radius 1 is 1.39 bits per heavy atom. The molecule has 0 saturated carbocycles. The van der Waals surface area contributed by atoms with Gasteiger partial charge in [0, 0.05) is 10.6 Å². The third-order valence-corrected chi connectivity index (χ3v) is 2.93. The summed E-state index contributed by atoms with van der Waals surface area (Å²) in [5.41, 5.74) is 1.76. The number of benzene rings is 1. The van der Waals surface area contributed by atoms with Gasteiger partial charge < -0.3 is 5.11 Å². The molecule has 5 nitrogen and oxygen atoms in total. The molecule has 2 heterocycles. The minimum Gasteiger partial charge on any atom is -0.476 e. The summed E-state index contributed by atoms with van der Waals surface area (Å²) < 4.78 is 0. The second-order valence-corrected chi connectivity index (χ2v) is 4.36. The Balaban J connectivity index is 2.03. The maximum Gasteiger partial charge on any atom is 0.356 e. The number of hydrogen-bond acceptors (Lipinski definition) is 4. The number of carboxylic acid groups (broad SMARTS) is 1. The highest BCUT2D eigenvalue weighted by Gasteiger charge is 2.22. The van der Waals surface area contributed by atoms with Crippen molar-refractivity contribution in [3.05, 3.63) is 40.9 Å². The number of halogens is 1. The van der Waals surface area contributed by atoms with Crippen molar-refractivity contribution >= 4 is 34.8 Å². The van der Waals surface area contributed by atoms with Gasteiger partial charge in [-0.25, -0.2) is 14.8 Å². The highest BCUT2D eigenvalue weighted by atomic mass is 35.5. The number of aliphatic imine (C=N–C) groups is 1. The predicted molar refractivity (Wildman–Crippen MR) is 68.3 cm³/mol. The number of amidine groups is 1. The maximum absolute atomic E-state index is 10.9. The van der Waals surface area contributed by atoms with Gasteiger partial charge in [-0.3, -0.25) is 0 Å². The van der Waals surface area contributed by atoms with Gasteiger partial charge in [0.15, 0.2) is 5.71 Å². The van der Waals surface area contributed by atoms with Crippen molar-refractivity contribution in [3.63, 3.8) is 0 Å². The van der Waals surface area contributed by atoms with Crippen LogP contribution in [0.1, 0.15) is 5.56 Å². The Morgan fingerprint density at radius 3 is 3.00 bits per heavy atom. The molecule has 6 heteroatoms. The predicted octanol–water partition coefficient (Wildman–Crippen LogP) is 2.20. The molecule has 0 amide bonds. The molecule has 1 N–H and O–H groups in total. The summed E-state index contributed by atoms with van der Waals surface area (Å²) in [6, 6.07) is 5.43. The lowest BCUT2D eigenvalue weighted by Gasteiger charge is -2.26. The first-order valence-electron chi connectivity index (χ1n) is 5.28. The first kappa shape index (κ1) is 11.0. The zero-order valence-electron chi connectivity index (χ0n) is 9.17. The number of aliphatic carboxylic acids is 1. The molecule has 0 aromatic heterocycles. The number of carbonyl (C=O) groups is 1. The quantitative estimate of drug-likeness (QED) is 0.843. The van der Waals surface area contributed by atoms with Gasteiger partial charge in [-0.15, -0.1) is 0 Å². The molecule has 0 bridgehead atoms. The highest BCUT2D eigenvalue weighted by Crippen LogP contribution is 2.30. The molecule has 1 aromatic carbocycles. The Labute approximate surface area is 108 Å². The van der Waals surface area contributed by atoms with E-state index in [1.54, 1.807) is 17.2 Å². The third-order valence-electron chi connectivity index (χ3n) is 2.70. The van der Waals surface area contributed by atoms with Crippen LogP contribution in [0.5, 0.6) is 0 Å². The van der Waals surface area contributed by atoms with Gasteiger partial charge in [0.05, 0.1) is 12.2 Å². The van der Waals surface area contributed by atoms with Crippen LogP contribution < -0.4 is 0 Å². The van der Waals surface area contributed by atoms with Crippen LogP contribution in [-0.4, -0.2) is 27.6 Å². The summed E-state index contributed by atoms with van der Waals surface area (Å²) in [5, 5.41) is 15.1. The molecule has 2 aliphatic rings. The first-order chi connectivity index (χ1) is 8.63. The standard InChI is InChI=1S/C12H8ClN3O2/c13-8-1-2-9-7(5-8)6-16-11(14-9)4-3-10(15-16)12(17)18/h1-5H,6H2,(H,17,18). The van der Waals surface area contributed by atoms with Crippen LogP contribution in [0.3, 0.4) is 0 Å². The Hall–Kier alpha value is -2.14. The van der Waals surface area contributed by atoms with E-state index in [0.29, 0.717) is 17.4 Å². The maximum atomic E-state index is 10.9. The Morgan fingerprint density at radius 2 is 2.22 bits per heavy atom. The number of hydrogen-bond donors (Lipinski definition) is 1. The summed E-state index contributed by atoms with van der Waals surface area (Å²) in [5.74, 6) is -0.419. The van der Waals surface area contributed by atoms with Crippen LogP contribution in [-0.2, 0) is 11.3 Å². The van der Waals surface area contributed by atoms with E-state index in [1.165, 1.54) is 6.08 Å². The van der Waals surface area contributed by atoms with E-state index in [9.17, 15) is 4.79 Å². The molecule has 3 rings (SSSR count). The fraction of sp³-hybridized carbons (Fsp3) is 0.0833. The van der Waals surface area contributed by atoms with Crippen molar-refractivity contribution in [1.29, 1.82) is 0 Å². The fourth-order valence-corrected chi connectivity index (χ4v) is 2.05. The minimum absolute atomic E-state index is 0.000530. The lowest BCUT2D eigenvalue weighted by molar-refractivity contribution is -0.129. The summed E-state index contributed by atoms with van der Waals surface area (Å²) in [4.78, 5) is 15.3. The molecule has 1 aromatic rings. The molecule has 18 heavy (non-hydrogen) atoms. The highest BCUT2D eigenvalue weighted by molar-refractivity contribution is 6.41. The zero-order valence-corrected chi connectivity index (χ0v) is 9.92. The number of nitrogens with zero attached hydrogens (tertiary/aromatic N) is 3. The van der Waals surface area contributed by atoms with Crippen LogP contribution in [0, 0.1) is 0 Å². The number of rotatable bonds is 1. The average molecular weight is 262 g/mol. The second kappa shape index (κ2) is 3.96. The summed E-state index contributed by atoms with van der Waals surface area (Å²) in [6.45, 7) is 0.468.